The van der Waals surface area contributed by atoms with Crippen molar-refractivity contribution in [2.24, 2.45) is 5.73 Å². The van der Waals surface area contributed by atoms with Gasteiger partial charge in [0.25, 0.3) is 0 Å². The lowest BCUT2D eigenvalue weighted by atomic mass is 10.0. The molecule has 0 aliphatic rings. The number of nitrogens with zero attached hydrogens (tertiary/aromatic N) is 2. The van der Waals surface area contributed by atoms with E-state index in [0.717, 1.165) is 25.0 Å². The predicted molar refractivity (Wildman–Crippen MR) is 96.5 cm³/mol. The second-order valence-electron chi connectivity index (χ2n) is 4.65. The zero-order valence-electron chi connectivity index (χ0n) is 11.1. The molecule has 0 saturated carbocycles. The van der Waals surface area contributed by atoms with Gasteiger partial charge in [-0.05, 0) is 64.6 Å². The molecule has 1 heterocycles. The molecule has 1 unspecified atom stereocenters. The average Bonchev–Trinajstić information content (AvgIpc) is 2.99. The summed E-state index contributed by atoms with van der Waals surface area (Å²) in [4.78, 5) is 0. The number of hydrogen-bond acceptors (Lipinski definition) is 2. The SMILES string of the molecule is NC(c1cc(I)ccc1Br)c1ccnn1-c1ccccc1. The maximum atomic E-state index is 6.47. The Kier molecular flexibility index (Phi) is 4.42. The molecule has 2 aromatic carbocycles. The van der Waals surface area contributed by atoms with Crippen LogP contribution in [0, 0.1) is 3.57 Å². The van der Waals surface area contributed by atoms with E-state index < -0.39 is 0 Å². The minimum absolute atomic E-state index is 0.239. The summed E-state index contributed by atoms with van der Waals surface area (Å²) in [5.41, 5.74) is 9.50. The third-order valence-electron chi connectivity index (χ3n) is 3.28. The van der Waals surface area contributed by atoms with Crippen LogP contribution in [0.5, 0.6) is 0 Å². The highest BCUT2D eigenvalue weighted by Crippen LogP contribution is 2.29. The zero-order chi connectivity index (χ0) is 14.8. The van der Waals surface area contributed by atoms with Gasteiger partial charge < -0.3 is 5.73 Å². The lowest BCUT2D eigenvalue weighted by molar-refractivity contribution is 0.737. The van der Waals surface area contributed by atoms with Crippen molar-refractivity contribution in [2.75, 3.05) is 0 Å². The van der Waals surface area contributed by atoms with Crippen LogP contribution in [0.1, 0.15) is 17.3 Å². The first-order chi connectivity index (χ1) is 10.2. The first-order valence-corrected chi connectivity index (χ1v) is 8.34. The largest absolute Gasteiger partial charge is 0.319 e. The summed E-state index contributed by atoms with van der Waals surface area (Å²) in [7, 11) is 0. The normalized spacial score (nSPS) is 12.3. The molecular weight excluding hydrogens is 441 g/mol. The Morgan fingerprint density at radius 1 is 1.10 bits per heavy atom. The molecule has 0 amide bonds. The van der Waals surface area contributed by atoms with Crippen molar-refractivity contribution in [3.8, 4) is 5.69 Å². The van der Waals surface area contributed by atoms with E-state index in [1.165, 1.54) is 0 Å². The van der Waals surface area contributed by atoms with E-state index in [4.69, 9.17) is 5.73 Å². The first-order valence-electron chi connectivity index (χ1n) is 6.46. The van der Waals surface area contributed by atoms with E-state index in [2.05, 4.69) is 55.8 Å². The summed E-state index contributed by atoms with van der Waals surface area (Å²) < 4.78 is 4.06. The first kappa shape index (κ1) is 14.7. The Morgan fingerprint density at radius 2 is 1.86 bits per heavy atom. The molecule has 5 heteroatoms. The molecular formula is C16H13BrIN3. The molecule has 0 aliphatic heterocycles. The summed E-state index contributed by atoms with van der Waals surface area (Å²) in [6.07, 6.45) is 1.78. The second-order valence-corrected chi connectivity index (χ2v) is 6.75. The summed E-state index contributed by atoms with van der Waals surface area (Å²) in [6.45, 7) is 0. The van der Waals surface area contributed by atoms with E-state index in [1.807, 2.05) is 47.1 Å². The third-order valence-corrected chi connectivity index (χ3v) is 4.68. The molecule has 3 rings (SSSR count). The van der Waals surface area contributed by atoms with E-state index >= 15 is 0 Å². The van der Waals surface area contributed by atoms with Crippen LogP contribution in [0.3, 0.4) is 0 Å². The Hall–Kier alpha value is -1.18. The van der Waals surface area contributed by atoms with Crippen LogP contribution < -0.4 is 5.73 Å². The fourth-order valence-corrected chi connectivity index (χ4v) is 3.25. The molecule has 3 nitrogen and oxygen atoms in total. The monoisotopic (exact) mass is 453 g/mol. The van der Waals surface area contributed by atoms with Crippen molar-refractivity contribution in [1.82, 2.24) is 9.78 Å². The molecule has 21 heavy (non-hydrogen) atoms. The quantitative estimate of drug-likeness (QED) is 0.601. The van der Waals surface area contributed by atoms with Crippen molar-refractivity contribution < 1.29 is 0 Å². The highest BCUT2D eigenvalue weighted by molar-refractivity contribution is 14.1. The van der Waals surface area contributed by atoms with Crippen LogP contribution in [-0.4, -0.2) is 9.78 Å². The van der Waals surface area contributed by atoms with Crippen LogP contribution in [0.2, 0.25) is 0 Å². The summed E-state index contributed by atoms with van der Waals surface area (Å²) in [6, 6.07) is 17.9. The van der Waals surface area contributed by atoms with Gasteiger partial charge in [0, 0.05) is 14.2 Å². The van der Waals surface area contributed by atoms with Crippen LogP contribution in [-0.2, 0) is 0 Å². The fraction of sp³-hybridized carbons (Fsp3) is 0.0625. The zero-order valence-corrected chi connectivity index (χ0v) is 14.8. The summed E-state index contributed by atoms with van der Waals surface area (Å²) in [5.74, 6) is 0. The summed E-state index contributed by atoms with van der Waals surface area (Å²) >= 11 is 5.88. The number of rotatable bonds is 3. The fourth-order valence-electron chi connectivity index (χ4n) is 2.25. The molecule has 0 fully saturated rings. The van der Waals surface area contributed by atoms with Crippen LogP contribution in [0.4, 0.5) is 0 Å². The lowest BCUT2D eigenvalue weighted by Crippen LogP contribution is -2.17. The van der Waals surface area contributed by atoms with Crippen LogP contribution in [0.15, 0.2) is 65.3 Å². The molecule has 0 spiro atoms. The third kappa shape index (κ3) is 3.04. The number of hydrogen-bond donors (Lipinski definition) is 1. The Bertz CT molecular complexity index is 755. The maximum absolute atomic E-state index is 6.47. The van der Waals surface area contributed by atoms with Crippen molar-refractivity contribution in [3.63, 3.8) is 0 Å². The van der Waals surface area contributed by atoms with Gasteiger partial charge in [0.2, 0.25) is 0 Å². The van der Waals surface area contributed by atoms with Crippen LogP contribution >= 0.6 is 38.5 Å². The van der Waals surface area contributed by atoms with Gasteiger partial charge in [0.05, 0.1) is 17.4 Å². The van der Waals surface area contributed by atoms with Crippen LogP contribution in [0.25, 0.3) is 5.69 Å². The highest BCUT2D eigenvalue weighted by atomic mass is 127. The number of benzene rings is 2. The number of para-hydroxylation sites is 1. The maximum Gasteiger partial charge on any atom is 0.0739 e. The molecule has 0 saturated heterocycles. The Morgan fingerprint density at radius 3 is 2.62 bits per heavy atom. The van der Waals surface area contributed by atoms with Gasteiger partial charge in [-0.2, -0.15) is 5.10 Å². The molecule has 106 valence electrons. The lowest BCUT2D eigenvalue weighted by Gasteiger charge is -2.16. The van der Waals surface area contributed by atoms with E-state index in [-0.39, 0.29) is 6.04 Å². The van der Waals surface area contributed by atoms with Gasteiger partial charge in [-0.3, -0.25) is 0 Å². The van der Waals surface area contributed by atoms with Gasteiger partial charge >= 0.3 is 0 Å². The minimum atomic E-state index is -0.239. The number of halogens is 2. The number of aromatic nitrogens is 2. The molecule has 2 N–H and O–H groups in total. The second kappa shape index (κ2) is 6.29. The predicted octanol–water partition coefficient (Wildman–Crippen LogP) is 4.29. The topological polar surface area (TPSA) is 43.8 Å². The minimum Gasteiger partial charge on any atom is -0.319 e. The van der Waals surface area contributed by atoms with Crippen molar-refractivity contribution in [1.29, 1.82) is 0 Å². The van der Waals surface area contributed by atoms with Gasteiger partial charge in [-0.15, -0.1) is 0 Å². The Balaban J connectivity index is 2.06. The van der Waals surface area contributed by atoms with Gasteiger partial charge in [0.1, 0.15) is 0 Å². The summed E-state index contributed by atoms with van der Waals surface area (Å²) in [5, 5.41) is 4.40. The van der Waals surface area contributed by atoms with Crippen molar-refractivity contribution in [3.05, 3.63) is 80.1 Å². The van der Waals surface area contributed by atoms with E-state index in [9.17, 15) is 0 Å². The molecule has 0 radical (unpaired) electrons. The molecule has 3 aromatic rings. The molecule has 0 bridgehead atoms. The van der Waals surface area contributed by atoms with Gasteiger partial charge in [-0.25, -0.2) is 4.68 Å². The average molecular weight is 454 g/mol. The standard InChI is InChI=1S/C16H13BrIN3/c17-14-7-6-11(18)10-13(14)16(19)15-8-9-20-21(15)12-4-2-1-3-5-12/h1-10,16H,19H2. The molecule has 1 aromatic heterocycles. The van der Waals surface area contributed by atoms with Crippen molar-refractivity contribution in [2.45, 2.75) is 6.04 Å². The highest BCUT2D eigenvalue weighted by Gasteiger charge is 2.17. The van der Waals surface area contributed by atoms with E-state index in [0.29, 0.717) is 0 Å². The molecule has 0 aliphatic carbocycles. The number of nitrogens with two attached hydrogens (primary N) is 1. The van der Waals surface area contributed by atoms with Gasteiger partial charge in [-0.1, -0.05) is 34.1 Å². The van der Waals surface area contributed by atoms with E-state index in [1.54, 1.807) is 6.20 Å². The Labute approximate surface area is 145 Å². The van der Waals surface area contributed by atoms with Gasteiger partial charge in [0.15, 0.2) is 0 Å². The smallest absolute Gasteiger partial charge is 0.0739 e. The molecule has 1 atom stereocenters. The van der Waals surface area contributed by atoms with Crippen molar-refractivity contribution >= 4 is 38.5 Å².